The van der Waals surface area contributed by atoms with Crippen molar-refractivity contribution in [2.75, 3.05) is 25.5 Å². The Hall–Kier alpha value is -3.53. The number of benzene rings is 2. The second-order valence-corrected chi connectivity index (χ2v) is 9.81. The number of likely N-dealkylation sites (tertiary alicyclic amines) is 1. The van der Waals surface area contributed by atoms with E-state index in [4.69, 9.17) is 4.74 Å². The fraction of sp³-hybridized carbons (Fsp3) is 0.300. The Morgan fingerprint density at radius 1 is 1.09 bits per heavy atom. The van der Waals surface area contributed by atoms with Gasteiger partial charge in [0.05, 0.1) is 5.41 Å². The van der Waals surface area contributed by atoms with E-state index < -0.39 is 5.72 Å². The number of carbonyl (C=O) groups excluding carboxylic acids is 1. The predicted octanol–water partition coefficient (Wildman–Crippen LogP) is 6.24. The molecular formula is C30H32N2O2. The molecule has 0 aromatic heterocycles. The standard InChI is InChI=1S/C30H32N2O2/c1-6-31(4)24-15-11-22(12-16-24)28(33)23-13-17-25-26(18-14-23)32(5)30(29(25,2)3)20-19-21-9-7-8-10-27(21)34-30/h7-12,14-20H,6,13H2,1-5H3. The highest BCUT2D eigenvalue weighted by Crippen LogP contribution is 2.56. The van der Waals surface area contributed by atoms with E-state index in [0.29, 0.717) is 6.42 Å². The van der Waals surface area contributed by atoms with E-state index in [1.807, 2.05) is 48.5 Å². The van der Waals surface area contributed by atoms with Gasteiger partial charge in [0.2, 0.25) is 5.72 Å². The van der Waals surface area contributed by atoms with Crippen LogP contribution in [0.1, 0.15) is 43.1 Å². The van der Waals surface area contributed by atoms with Gasteiger partial charge in [-0.2, -0.15) is 0 Å². The molecule has 0 saturated carbocycles. The first kappa shape index (κ1) is 22.3. The summed E-state index contributed by atoms with van der Waals surface area (Å²) < 4.78 is 6.69. The average Bonchev–Trinajstić information content (AvgIpc) is 3.03. The highest BCUT2D eigenvalue weighted by Gasteiger charge is 2.59. The van der Waals surface area contributed by atoms with Crippen LogP contribution in [-0.4, -0.2) is 37.0 Å². The van der Waals surface area contributed by atoms with Gasteiger partial charge in [-0.1, -0.05) is 30.4 Å². The Balaban J connectivity index is 1.46. The number of likely N-dealkylation sites (N-methyl/N-ethyl adjacent to an activating group) is 1. The first-order valence-corrected chi connectivity index (χ1v) is 12.0. The van der Waals surface area contributed by atoms with Gasteiger partial charge in [-0.25, -0.2) is 0 Å². The SMILES string of the molecule is CCN(C)c1ccc(C(=O)C2=CC=C3C(=CC2)C(C)(C)C2(C=Cc4ccccc4O2)N3C)cc1. The van der Waals surface area contributed by atoms with E-state index in [-0.39, 0.29) is 11.2 Å². The van der Waals surface area contributed by atoms with Crippen LogP contribution in [0.2, 0.25) is 0 Å². The molecule has 4 heteroatoms. The number of anilines is 1. The first-order chi connectivity index (χ1) is 16.3. The number of ketones is 1. The number of para-hydroxylation sites is 1. The predicted molar refractivity (Wildman–Crippen MR) is 139 cm³/mol. The van der Waals surface area contributed by atoms with Crippen molar-refractivity contribution >= 4 is 17.5 Å². The summed E-state index contributed by atoms with van der Waals surface area (Å²) in [5.41, 5.74) is 5.11. The van der Waals surface area contributed by atoms with Crippen molar-refractivity contribution in [1.82, 2.24) is 4.90 Å². The smallest absolute Gasteiger partial charge is 0.211 e. The lowest BCUT2D eigenvalue weighted by Gasteiger charge is -2.45. The summed E-state index contributed by atoms with van der Waals surface area (Å²) in [5.74, 6) is 0.975. The fourth-order valence-electron chi connectivity index (χ4n) is 5.35. The van der Waals surface area contributed by atoms with Crippen molar-refractivity contribution in [3.8, 4) is 5.75 Å². The van der Waals surface area contributed by atoms with Crippen LogP contribution >= 0.6 is 0 Å². The van der Waals surface area contributed by atoms with Crippen LogP contribution in [-0.2, 0) is 0 Å². The van der Waals surface area contributed by atoms with Gasteiger partial charge in [0.15, 0.2) is 5.78 Å². The molecule has 0 radical (unpaired) electrons. The van der Waals surface area contributed by atoms with E-state index in [1.54, 1.807) is 0 Å². The molecule has 2 aromatic rings. The number of carbonyl (C=O) groups is 1. The van der Waals surface area contributed by atoms with Gasteiger partial charge < -0.3 is 14.5 Å². The Morgan fingerprint density at radius 2 is 1.82 bits per heavy atom. The molecule has 5 rings (SSSR count). The molecule has 2 aromatic carbocycles. The lowest BCUT2D eigenvalue weighted by atomic mass is 9.75. The van der Waals surface area contributed by atoms with Crippen molar-refractivity contribution in [1.29, 1.82) is 0 Å². The summed E-state index contributed by atoms with van der Waals surface area (Å²) in [6, 6.07) is 16.0. The van der Waals surface area contributed by atoms with Gasteiger partial charge in [-0.15, -0.1) is 0 Å². The van der Waals surface area contributed by atoms with Gasteiger partial charge in [-0.3, -0.25) is 4.79 Å². The summed E-state index contributed by atoms with van der Waals surface area (Å²) in [7, 11) is 4.13. The van der Waals surface area contributed by atoms with Gasteiger partial charge >= 0.3 is 0 Å². The quantitative estimate of drug-likeness (QED) is 0.514. The molecule has 0 bridgehead atoms. The molecule has 3 aliphatic rings. The topological polar surface area (TPSA) is 32.8 Å². The Kier molecular flexibility index (Phi) is 5.27. The van der Waals surface area contributed by atoms with Crippen molar-refractivity contribution < 1.29 is 9.53 Å². The number of rotatable bonds is 4. The molecule has 0 amide bonds. The maximum atomic E-state index is 13.3. The Morgan fingerprint density at radius 3 is 2.56 bits per heavy atom. The van der Waals surface area contributed by atoms with Crippen LogP contribution in [0.15, 0.2) is 89.7 Å². The number of hydrogen-bond acceptors (Lipinski definition) is 4. The minimum Gasteiger partial charge on any atom is -0.463 e. The minimum atomic E-state index is -0.616. The summed E-state index contributed by atoms with van der Waals surface area (Å²) in [6.07, 6.45) is 11.2. The Labute approximate surface area is 202 Å². The zero-order chi connectivity index (χ0) is 24.1. The third-order valence-corrected chi connectivity index (χ3v) is 7.68. The van der Waals surface area contributed by atoms with E-state index in [9.17, 15) is 4.79 Å². The lowest BCUT2D eigenvalue weighted by Crippen LogP contribution is -2.54. The molecule has 0 N–H and O–H groups in total. The molecule has 1 fully saturated rings. The second kappa shape index (κ2) is 8.05. The van der Waals surface area contributed by atoms with E-state index in [1.165, 1.54) is 5.57 Å². The zero-order valence-corrected chi connectivity index (χ0v) is 20.6. The minimum absolute atomic E-state index is 0.0808. The molecule has 4 nitrogen and oxygen atoms in total. The molecule has 174 valence electrons. The largest absolute Gasteiger partial charge is 0.463 e. The van der Waals surface area contributed by atoms with Crippen molar-refractivity contribution in [3.63, 3.8) is 0 Å². The van der Waals surface area contributed by atoms with Crippen LogP contribution in [0, 0.1) is 5.41 Å². The van der Waals surface area contributed by atoms with Crippen molar-refractivity contribution in [2.24, 2.45) is 5.41 Å². The third kappa shape index (κ3) is 3.24. The fourth-order valence-corrected chi connectivity index (χ4v) is 5.35. The number of ether oxygens (including phenoxy) is 1. The van der Waals surface area contributed by atoms with Crippen LogP contribution in [0.5, 0.6) is 5.75 Å². The van der Waals surface area contributed by atoms with Gasteiger partial charge in [0.25, 0.3) is 0 Å². The van der Waals surface area contributed by atoms with Crippen LogP contribution in [0.4, 0.5) is 5.69 Å². The zero-order valence-electron chi connectivity index (χ0n) is 20.6. The first-order valence-electron chi connectivity index (χ1n) is 12.0. The number of Topliss-reactive ketones (excluding diaryl/α,β-unsaturated/α-hetero) is 1. The molecule has 1 atom stereocenters. The maximum absolute atomic E-state index is 13.3. The molecule has 1 aliphatic carbocycles. The number of hydrogen-bond donors (Lipinski definition) is 0. The van der Waals surface area contributed by atoms with Crippen LogP contribution in [0.3, 0.4) is 0 Å². The highest BCUT2D eigenvalue weighted by atomic mass is 16.5. The van der Waals surface area contributed by atoms with Crippen molar-refractivity contribution in [3.05, 3.63) is 101 Å². The molecule has 34 heavy (non-hydrogen) atoms. The van der Waals surface area contributed by atoms with Crippen LogP contribution < -0.4 is 9.64 Å². The normalized spacial score (nSPS) is 22.1. The summed E-state index contributed by atoms with van der Waals surface area (Å²) in [6.45, 7) is 7.49. The van der Waals surface area contributed by atoms with Crippen molar-refractivity contribution in [2.45, 2.75) is 32.9 Å². The summed E-state index contributed by atoms with van der Waals surface area (Å²) in [4.78, 5) is 17.7. The van der Waals surface area contributed by atoms with Gasteiger partial charge in [-0.05, 0) is 81.3 Å². The second-order valence-electron chi connectivity index (χ2n) is 9.81. The monoisotopic (exact) mass is 452 g/mol. The molecular weight excluding hydrogens is 420 g/mol. The highest BCUT2D eigenvalue weighted by molar-refractivity contribution is 6.09. The van der Waals surface area contributed by atoms with E-state index >= 15 is 0 Å². The number of fused-ring (bicyclic) bond motifs is 2. The molecule has 2 aliphatic heterocycles. The number of nitrogens with zero attached hydrogens (tertiary/aromatic N) is 2. The summed E-state index contributed by atoms with van der Waals surface area (Å²) in [5, 5.41) is 0. The molecule has 1 saturated heterocycles. The van der Waals surface area contributed by atoms with Gasteiger partial charge in [0, 0.05) is 48.7 Å². The Bertz CT molecular complexity index is 1260. The van der Waals surface area contributed by atoms with E-state index in [2.05, 4.69) is 75.0 Å². The van der Waals surface area contributed by atoms with E-state index in [0.717, 1.165) is 40.4 Å². The molecule has 2 heterocycles. The average molecular weight is 453 g/mol. The molecule has 1 spiro atoms. The summed E-state index contributed by atoms with van der Waals surface area (Å²) >= 11 is 0. The number of allylic oxidation sites excluding steroid dienone is 5. The lowest BCUT2D eigenvalue weighted by molar-refractivity contribution is -0.0548. The van der Waals surface area contributed by atoms with Gasteiger partial charge in [0.1, 0.15) is 5.75 Å². The third-order valence-electron chi connectivity index (χ3n) is 7.68. The van der Waals surface area contributed by atoms with Crippen LogP contribution in [0.25, 0.3) is 6.08 Å². The maximum Gasteiger partial charge on any atom is 0.211 e. The molecule has 1 unspecified atom stereocenters.